The Hall–Kier alpha value is -2.43. The SMILES string of the molecule is CC/C=C(\C=C(/C)N1CCCC(NC(=O)OC(C)(C)C)C1)OCc1ccccc1. The highest BCUT2D eigenvalue weighted by Gasteiger charge is 2.24. The lowest BCUT2D eigenvalue weighted by Gasteiger charge is -2.35. The van der Waals surface area contributed by atoms with E-state index >= 15 is 0 Å². The van der Waals surface area contributed by atoms with Crippen LogP contribution in [-0.2, 0) is 16.1 Å². The Labute approximate surface area is 175 Å². The van der Waals surface area contributed by atoms with Crippen molar-refractivity contribution in [3.05, 3.63) is 59.5 Å². The minimum Gasteiger partial charge on any atom is -0.489 e. The molecule has 1 aromatic carbocycles. The van der Waals surface area contributed by atoms with Crippen molar-refractivity contribution in [2.75, 3.05) is 13.1 Å². The third kappa shape index (κ3) is 8.63. The summed E-state index contributed by atoms with van der Waals surface area (Å²) < 4.78 is 11.4. The lowest BCUT2D eigenvalue weighted by atomic mass is 10.1. The number of hydrogen-bond acceptors (Lipinski definition) is 4. The smallest absolute Gasteiger partial charge is 0.407 e. The number of piperidine rings is 1. The second-order valence-electron chi connectivity index (χ2n) is 8.51. The van der Waals surface area contributed by atoms with Crippen LogP contribution in [0.15, 0.2) is 53.9 Å². The van der Waals surface area contributed by atoms with Crippen molar-refractivity contribution in [1.82, 2.24) is 10.2 Å². The molecule has 1 saturated heterocycles. The summed E-state index contributed by atoms with van der Waals surface area (Å²) in [6.07, 6.45) is 6.77. The molecule has 1 aliphatic rings. The second-order valence-corrected chi connectivity index (χ2v) is 8.51. The summed E-state index contributed by atoms with van der Waals surface area (Å²) in [6.45, 7) is 12.2. The number of carbonyl (C=O) groups is 1. The molecule has 0 saturated carbocycles. The first-order valence-corrected chi connectivity index (χ1v) is 10.6. The van der Waals surface area contributed by atoms with E-state index in [1.54, 1.807) is 0 Å². The van der Waals surface area contributed by atoms with Gasteiger partial charge < -0.3 is 19.7 Å². The van der Waals surface area contributed by atoms with Gasteiger partial charge in [0, 0.05) is 24.8 Å². The highest BCUT2D eigenvalue weighted by Crippen LogP contribution is 2.18. The van der Waals surface area contributed by atoms with Crippen molar-refractivity contribution >= 4 is 6.09 Å². The zero-order valence-electron chi connectivity index (χ0n) is 18.5. The highest BCUT2D eigenvalue weighted by atomic mass is 16.6. The van der Waals surface area contributed by atoms with E-state index in [0.717, 1.165) is 49.4 Å². The summed E-state index contributed by atoms with van der Waals surface area (Å²) in [5, 5.41) is 3.01. The summed E-state index contributed by atoms with van der Waals surface area (Å²) in [6, 6.07) is 10.3. The van der Waals surface area contributed by atoms with Crippen LogP contribution in [0.25, 0.3) is 0 Å². The van der Waals surface area contributed by atoms with Crippen LogP contribution >= 0.6 is 0 Å². The summed E-state index contributed by atoms with van der Waals surface area (Å²) in [5.74, 6) is 0.885. The molecule has 160 valence electrons. The number of nitrogens with one attached hydrogen (secondary N) is 1. The minimum absolute atomic E-state index is 0.0887. The van der Waals surface area contributed by atoms with Gasteiger partial charge in [-0.15, -0.1) is 0 Å². The maximum Gasteiger partial charge on any atom is 0.407 e. The van der Waals surface area contributed by atoms with Crippen LogP contribution in [0.3, 0.4) is 0 Å². The summed E-state index contributed by atoms with van der Waals surface area (Å²) >= 11 is 0. The Balaban J connectivity index is 1.94. The Morgan fingerprint density at radius 3 is 2.66 bits per heavy atom. The zero-order valence-corrected chi connectivity index (χ0v) is 18.5. The van der Waals surface area contributed by atoms with Crippen LogP contribution in [0, 0.1) is 0 Å². The Bertz CT molecular complexity index is 705. The van der Waals surface area contributed by atoms with E-state index in [9.17, 15) is 4.79 Å². The van der Waals surface area contributed by atoms with Gasteiger partial charge in [0.15, 0.2) is 0 Å². The number of rotatable bonds is 7. The molecule has 5 heteroatoms. The van der Waals surface area contributed by atoms with Gasteiger partial charge in [-0.3, -0.25) is 0 Å². The number of allylic oxidation sites excluding steroid dienone is 3. The van der Waals surface area contributed by atoms with E-state index in [1.807, 2.05) is 39.0 Å². The third-order valence-electron chi connectivity index (χ3n) is 4.65. The fourth-order valence-corrected chi connectivity index (χ4v) is 3.29. The molecule has 1 unspecified atom stereocenters. The summed E-state index contributed by atoms with van der Waals surface area (Å²) in [7, 11) is 0. The van der Waals surface area contributed by atoms with Gasteiger partial charge in [-0.2, -0.15) is 0 Å². The molecule has 1 aromatic rings. The first-order valence-electron chi connectivity index (χ1n) is 10.6. The maximum absolute atomic E-state index is 12.1. The Morgan fingerprint density at radius 2 is 2.00 bits per heavy atom. The molecular formula is C24H36N2O3. The van der Waals surface area contributed by atoms with Crippen molar-refractivity contribution < 1.29 is 14.3 Å². The molecule has 0 bridgehead atoms. The molecule has 0 aliphatic carbocycles. The molecule has 1 fully saturated rings. The molecule has 5 nitrogen and oxygen atoms in total. The second kappa shape index (κ2) is 10.9. The molecule has 29 heavy (non-hydrogen) atoms. The van der Waals surface area contributed by atoms with Crippen molar-refractivity contribution in [3.63, 3.8) is 0 Å². The molecule has 2 rings (SSSR count). The fourth-order valence-electron chi connectivity index (χ4n) is 3.29. The fraction of sp³-hybridized carbons (Fsp3) is 0.542. The standard InChI is InChI=1S/C24H36N2O3/c1-6-11-22(28-18-20-12-8-7-9-13-20)16-19(2)26-15-10-14-21(17-26)25-23(27)29-24(3,4)5/h7-9,11-13,16,21H,6,10,14-15,17-18H2,1-5H3,(H,25,27)/b19-16+,22-11+. The lowest BCUT2D eigenvalue weighted by Crippen LogP contribution is -2.48. The average molecular weight is 401 g/mol. The quantitative estimate of drug-likeness (QED) is 0.492. The molecule has 0 radical (unpaired) electrons. The van der Waals surface area contributed by atoms with Crippen LogP contribution in [0.5, 0.6) is 0 Å². The van der Waals surface area contributed by atoms with Gasteiger partial charge in [-0.05, 0) is 64.7 Å². The minimum atomic E-state index is -0.482. The van der Waals surface area contributed by atoms with Crippen LogP contribution in [0.2, 0.25) is 0 Å². The van der Waals surface area contributed by atoms with Gasteiger partial charge in [0.1, 0.15) is 18.0 Å². The largest absolute Gasteiger partial charge is 0.489 e. The van der Waals surface area contributed by atoms with Crippen LogP contribution in [0.4, 0.5) is 4.79 Å². The van der Waals surface area contributed by atoms with Gasteiger partial charge >= 0.3 is 6.09 Å². The first kappa shape index (κ1) is 22.9. The number of amides is 1. The lowest BCUT2D eigenvalue weighted by molar-refractivity contribution is 0.0480. The Kier molecular flexibility index (Phi) is 8.62. The van der Waals surface area contributed by atoms with E-state index < -0.39 is 5.60 Å². The molecule has 1 heterocycles. The van der Waals surface area contributed by atoms with Crippen LogP contribution in [0.1, 0.15) is 59.4 Å². The van der Waals surface area contributed by atoms with E-state index in [2.05, 4.69) is 48.3 Å². The van der Waals surface area contributed by atoms with Gasteiger partial charge in [0.05, 0.1) is 0 Å². The molecule has 0 spiro atoms. The van der Waals surface area contributed by atoms with E-state index in [-0.39, 0.29) is 12.1 Å². The normalized spacial score (nSPS) is 18.4. The number of hydrogen-bond donors (Lipinski definition) is 1. The number of alkyl carbamates (subject to hydrolysis) is 1. The summed E-state index contributed by atoms with van der Waals surface area (Å²) in [5.41, 5.74) is 1.82. The number of ether oxygens (including phenoxy) is 2. The molecule has 1 N–H and O–H groups in total. The van der Waals surface area contributed by atoms with E-state index in [1.165, 1.54) is 0 Å². The topological polar surface area (TPSA) is 50.8 Å². The van der Waals surface area contributed by atoms with Gasteiger partial charge in [-0.1, -0.05) is 37.3 Å². The number of nitrogens with zero attached hydrogens (tertiary/aromatic N) is 1. The number of likely N-dealkylation sites (tertiary alicyclic amines) is 1. The predicted octanol–water partition coefficient (Wildman–Crippen LogP) is 5.39. The zero-order chi connectivity index (χ0) is 21.3. The molecule has 0 aromatic heterocycles. The van der Waals surface area contributed by atoms with E-state index in [0.29, 0.717) is 6.61 Å². The van der Waals surface area contributed by atoms with Crippen molar-refractivity contribution in [2.24, 2.45) is 0 Å². The molecular weight excluding hydrogens is 364 g/mol. The van der Waals surface area contributed by atoms with Crippen molar-refractivity contribution in [2.45, 2.75) is 72.1 Å². The maximum atomic E-state index is 12.1. The highest BCUT2D eigenvalue weighted by molar-refractivity contribution is 5.68. The monoisotopic (exact) mass is 400 g/mol. The number of benzene rings is 1. The average Bonchev–Trinajstić information content (AvgIpc) is 2.65. The predicted molar refractivity (Wildman–Crippen MR) is 117 cm³/mol. The van der Waals surface area contributed by atoms with Gasteiger partial charge in [0.25, 0.3) is 0 Å². The first-order chi connectivity index (χ1) is 13.8. The molecule has 1 atom stereocenters. The molecule has 1 amide bonds. The Morgan fingerprint density at radius 1 is 1.28 bits per heavy atom. The third-order valence-corrected chi connectivity index (χ3v) is 4.65. The van der Waals surface area contributed by atoms with Crippen LogP contribution < -0.4 is 5.32 Å². The summed E-state index contributed by atoms with van der Waals surface area (Å²) in [4.78, 5) is 14.4. The molecule has 1 aliphatic heterocycles. The van der Waals surface area contributed by atoms with Crippen LogP contribution in [-0.4, -0.2) is 35.7 Å². The van der Waals surface area contributed by atoms with Gasteiger partial charge in [0.2, 0.25) is 0 Å². The van der Waals surface area contributed by atoms with Crippen molar-refractivity contribution in [1.29, 1.82) is 0 Å². The number of carbonyl (C=O) groups excluding carboxylic acids is 1. The van der Waals surface area contributed by atoms with Gasteiger partial charge in [-0.25, -0.2) is 4.79 Å². The van der Waals surface area contributed by atoms with Crippen molar-refractivity contribution in [3.8, 4) is 0 Å². The van der Waals surface area contributed by atoms with E-state index in [4.69, 9.17) is 9.47 Å².